The van der Waals surface area contributed by atoms with Crippen LogP contribution in [0.2, 0.25) is 0 Å². The molecular weight excluding hydrogens is 234 g/mol. The van der Waals surface area contributed by atoms with Crippen molar-refractivity contribution < 1.29 is 14.7 Å². The number of carboxylic acids is 1. The number of nitrogens with zero attached hydrogens (tertiary/aromatic N) is 2. The van der Waals surface area contributed by atoms with Crippen molar-refractivity contribution in [2.75, 3.05) is 0 Å². The van der Waals surface area contributed by atoms with Crippen molar-refractivity contribution in [2.24, 2.45) is 5.92 Å². The molecule has 1 aromatic heterocycles. The second-order valence-electron chi connectivity index (χ2n) is 3.87. The van der Waals surface area contributed by atoms with Crippen molar-refractivity contribution in [1.29, 1.82) is 5.26 Å². The molecule has 1 amide bonds. The zero-order valence-electron chi connectivity index (χ0n) is 9.83. The van der Waals surface area contributed by atoms with E-state index in [-0.39, 0.29) is 12.0 Å². The smallest absolute Gasteiger partial charge is 0.326 e. The standard InChI is InChI=1S/C12H13N3O3/c1-8(4-5-13)10(12(17)18)15-11(16)9-3-2-6-14-7-9/h2-3,6-8,10H,4H2,1H3,(H,15,16)(H,17,18)/t8-,10+/m0/s1. The fourth-order valence-corrected chi connectivity index (χ4v) is 1.43. The Morgan fingerprint density at radius 2 is 2.33 bits per heavy atom. The average molecular weight is 247 g/mol. The lowest BCUT2D eigenvalue weighted by Crippen LogP contribution is -2.45. The molecule has 0 saturated carbocycles. The maximum atomic E-state index is 11.8. The largest absolute Gasteiger partial charge is 0.480 e. The molecule has 1 rings (SSSR count). The Balaban J connectivity index is 2.77. The van der Waals surface area contributed by atoms with Crippen LogP contribution in [0.15, 0.2) is 24.5 Å². The minimum absolute atomic E-state index is 0.0598. The van der Waals surface area contributed by atoms with Crippen LogP contribution in [0.3, 0.4) is 0 Å². The number of aliphatic carboxylic acids is 1. The lowest BCUT2D eigenvalue weighted by atomic mass is 9.99. The summed E-state index contributed by atoms with van der Waals surface area (Å²) in [4.78, 5) is 26.6. The fraction of sp³-hybridized carbons (Fsp3) is 0.333. The van der Waals surface area contributed by atoms with Crippen molar-refractivity contribution in [3.8, 4) is 6.07 Å². The molecule has 1 heterocycles. The third-order valence-electron chi connectivity index (χ3n) is 2.46. The normalized spacial score (nSPS) is 13.1. The monoisotopic (exact) mass is 247 g/mol. The Hall–Kier alpha value is -2.42. The Morgan fingerprint density at radius 3 is 2.83 bits per heavy atom. The van der Waals surface area contributed by atoms with Gasteiger partial charge in [0.2, 0.25) is 0 Å². The Labute approximate surface area is 104 Å². The van der Waals surface area contributed by atoms with E-state index in [4.69, 9.17) is 10.4 Å². The zero-order chi connectivity index (χ0) is 13.5. The van der Waals surface area contributed by atoms with Crippen LogP contribution in [0.1, 0.15) is 23.7 Å². The van der Waals surface area contributed by atoms with Gasteiger partial charge in [0.25, 0.3) is 5.91 Å². The van der Waals surface area contributed by atoms with Crippen molar-refractivity contribution in [3.63, 3.8) is 0 Å². The number of rotatable bonds is 5. The summed E-state index contributed by atoms with van der Waals surface area (Å²) in [5.41, 5.74) is 0.285. The van der Waals surface area contributed by atoms with Gasteiger partial charge in [-0.25, -0.2) is 4.79 Å². The summed E-state index contributed by atoms with van der Waals surface area (Å²) < 4.78 is 0. The molecule has 2 N–H and O–H groups in total. The third kappa shape index (κ3) is 3.56. The molecule has 1 aromatic rings. The number of nitrogens with one attached hydrogen (secondary N) is 1. The van der Waals surface area contributed by atoms with E-state index in [1.165, 1.54) is 18.5 Å². The van der Waals surface area contributed by atoms with E-state index in [9.17, 15) is 9.59 Å². The molecule has 0 bridgehead atoms. The minimum atomic E-state index is -1.16. The highest BCUT2D eigenvalue weighted by Crippen LogP contribution is 2.09. The topological polar surface area (TPSA) is 103 Å². The maximum absolute atomic E-state index is 11.8. The van der Waals surface area contributed by atoms with Crippen molar-refractivity contribution in [3.05, 3.63) is 30.1 Å². The number of aromatic nitrogens is 1. The first kappa shape index (κ1) is 13.6. The van der Waals surface area contributed by atoms with Gasteiger partial charge in [0.1, 0.15) is 6.04 Å². The third-order valence-corrected chi connectivity index (χ3v) is 2.46. The molecule has 0 aliphatic rings. The SMILES string of the molecule is C[C@@H](CC#N)[C@@H](NC(=O)c1cccnc1)C(=O)O. The molecule has 6 nitrogen and oxygen atoms in total. The van der Waals surface area contributed by atoms with E-state index >= 15 is 0 Å². The number of hydrogen-bond acceptors (Lipinski definition) is 4. The molecule has 0 aliphatic heterocycles. The molecule has 2 atom stereocenters. The summed E-state index contributed by atoms with van der Waals surface area (Å²) in [6.45, 7) is 1.60. The summed E-state index contributed by atoms with van der Waals surface area (Å²) in [6, 6.07) is 3.93. The van der Waals surface area contributed by atoms with Gasteiger partial charge < -0.3 is 10.4 Å². The highest BCUT2D eigenvalue weighted by atomic mass is 16.4. The van der Waals surface area contributed by atoms with Crippen molar-refractivity contribution in [1.82, 2.24) is 10.3 Å². The second kappa shape index (κ2) is 6.35. The molecule has 0 aromatic carbocycles. The zero-order valence-corrected chi connectivity index (χ0v) is 9.83. The number of pyridine rings is 1. The molecule has 94 valence electrons. The van der Waals surface area contributed by atoms with Crippen LogP contribution in [-0.2, 0) is 4.79 Å². The lowest BCUT2D eigenvalue weighted by Gasteiger charge is -2.19. The summed E-state index contributed by atoms with van der Waals surface area (Å²) in [6.07, 6.45) is 2.93. The van der Waals surface area contributed by atoms with Crippen LogP contribution in [0.4, 0.5) is 0 Å². The van der Waals surface area contributed by atoms with Crippen molar-refractivity contribution in [2.45, 2.75) is 19.4 Å². The van der Waals surface area contributed by atoms with Gasteiger partial charge in [-0.2, -0.15) is 5.26 Å². The molecule has 18 heavy (non-hydrogen) atoms. The predicted octanol–water partition coefficient (Wildman–Crippen LogP) is 0.814. The summed E-state index contributed by atoms with van der Waals surface area (Å²) >= 11 is 0. The molecular formula is C12H13N3O3. The molecule has 0 radical (unpaired) electrons. The number of carbonyl (C=O) groups excluding carboxylic acids is 1. The number of carboxylic acid groups (broad SMARTS) is 1. The van der Waals surface area contributed by atoms with Gasteiger partial charge in [-0.1, -0.05) is 6.92 Å². The highest BCUT2D eigenvalue weighted by molar-refractivity contribution is 5.96. The van der Waals surface area contributed by atoms with Crippen LogP contribution < -0.4 is 5.32 Å². The average Bonchev–Trinajstić information content (AvgIpc) is 2.36. The van der Waals surface area contributed by atoms with E-state index < -0.39 is 23.8 Å². The van der Waals surface area contributed by atoms with E-state index in [0.29, 0.717) is 0 Å². The molecule has 0 unspecified atom stereocenters. The van der Waals surface area contributed by atoms with Gasteiger partial charge in [0.15, 0.2) is 0 Å². The quantitative estimate of drug-likeness (QED) is 0.801. The Kier molecular flexibility index (Phi) is 4.81. The summed E-state index contributed by atoms with van der Waals surface area (Å²) in [5, 5.41) is 20.0. The highest BCUT2D eigenvalue weighted by Gasteiger charge is 2.26. The lowest BCUT2D eigenvalue weighted by molar-refractivity contribution is -0.140. The van der Waals surface area contributed by atoms with Gasteiger partial charge in [-0.15, -0.1) is 0 Å². The molecule has 6 heteroatoms. The fourth-order valence-electron chi connectivity index (χ4n) is 1.43. The van der Waals surface area contributed by atoms with Crippen LogP contribution in [0.5, 0.6) is 0 Å². The first-order valence-corrected chi connectivity index (χ1v) is 5.37. The van der Waals surface area contributed by atoms with E-state index in [0.717, 1.165) is 0 Å². The molecule has 0 spiro atoms. The van der Waals surface area contributed by atoms with Crippen molar-refractivity contribution >= 4 is 11.9 Å². The number of carbonyl (C=O) groups is 2. The van der Waals surface area contributed by atoms with E-state index in [1.807, 2.05) is 6.07 Å². The van der Waals surface area contributed by atoms with Gasteiger partial charge in [0.05, 0.1) is 11.6 Å². The van der Waals surface area contributed by atoms with E-state index in [1.54, 1.807) is 13.0 Å². The van der Waals surface area contributed by atoms with Gasteiger partial charge >= 0.3 is 5.97 Å². The predicted molar refractivity (Wildman–Crippen MR) is 62.5 cm³/mol. The Morgan fingerprint density at radius 1 is 1.61 bits per heavy atom. The minimum Gasteiger partial charge on any atom is -0.480 e. The number of hydrogen-bond donors (Lipinski definition) is 2. The number of amides is 1. The Bertz CT molecular complexity index is 467. The van der Waals surface area contributed by atoms with Gasteiger partial charge in [-0.3, -0.25) is 9.78 Å². The van der Waals surface area contributed by atoms with E-state index in [2.05, 4.69) is 10.3 Å². The van der Waals surface area contributed by atoms with Gasteiger partial charge in [-0.05, 0) is 12.1 Å². The van der Waals surface area contributed by atoms with Crippen LogP contribution in [0, 0.1) is 17.2 Å². The molecule has 0 fully saturated rings. The van der Waals surface area contributed by atoms with Crippen LogP contribution in [-0.4, -0.2) is 28.0 Å². The first-order valence-electron chi connectivity index (χ1n) is 5.37. The second-order valence-corrected chi connectivity index (χ2v) is 3.87. The molecule has 0 aliphatic carbocycles. The van der Waals surface area contributed by atoms with Crippen LogP contribution >= 0.6 is 0 Å². The van der Waals surface area contributed by atoms with Crippen LogP contribution in [0.25, 0.3) is 0 Å². The summed E-state index contributed by atoms with van der Waals surface area (Å²) in [5.74, 6) is -2.14. The molecule has 0 saturated heterocycles. The van der Waals surface area contributed by atoms with Gasteiger partial charge in [0, 0.05) is 24.7 Å². The number of nitriles is 1. The summed E-state index contributed by atoms with van der Waals surface area (Å²) in [7, 11) is 0. The maximum Gasteiger partial charge on any atom is 0.326 e. The first-order chi connectivity index (χ1) is 8.56.